The van der Waals surface area contributed by atoms with Gasteiger partial charge in [-0.15, -0.1) is 0 Å². The fourth-order valence-electron chi connectivity index (χ4n) is 4.25. The largest absolute Gasteiger partial charge is 0.338 e. The number of aromatic nitrogens is 4. The smallest absolute Gasteiger partial charge is 0.253 e. The van der Waals surface area contributed by atoms with Crippen molar-refractivity contribution < 1.29 is 4.79 Å². The van der Waals surface area contributed by atoms with Crippen LogP contribution >= 0.6 is 0 Å². The number of carbonyl (C=O) groups excluding carboxylic acids is 1. The highest BCUT2D eigenvalue weighted by atomic mass is 16.2. The normalized spacial score (nSPS) is 16.0. The molecule has 0 N–H and O–H groups in total. The van der Waals surface area contributed by atoms with Gasteiger partial charge in [0.1, 0.15) is 0 Å². The van der Waals surface area contributed by atoms with Crippen molar-refractivity contribution in [2.24, 2.45) is 0 Å². The Morgan fingerprint density at radius 1 is 0.875 bits per heavy atom. The van der Waals surface area contributed by atoms with Crippen molar-refractivity contribution >= 4 is 5.91 Å². The lowest BCUT2D eigenvalue weighted by Crippen LogP contribution is -2.39. The first-order valence-corrected chi connectivity index (χ1v) is 10.8. The van der Waals surface area contributed by atoms with Crippen LogP contribution in [0.1, 0.15) is 34.8 Å². The van der Waals surface area contributed by atoms with Crippen molar-refractivity contribution in [1.29, 1.82) is 0 Å². The number of hydrogen-bond donors (Lipinski definition) is 0. The van der Waals surface area contributed by atoms with Gasteiger partial charge in [0, 0.05) is 66.7 Å². The highest BCUT2D eigenvalue weighted by molar-refractivity contribution is 5.94. The van der Waals surface area contributed by atoms with Gasteiger partial charge in [0.25, 0.3) is 5.91 Å². The van der Waals surface area contributed by atoms with Crippen molar-refractivity contribution in [2.75, 3.05) is 13.1 Å². The minimum absolute atomic E-state index is 0.0733. The van der Waals surface area contributed by atoms with Gasteiger partial charge < -0.3 is 4.90 Å². The Hall–Kier alpha value is -3.93. The summed E-state index contributed by atoms with van der Waals surface area (Å²) in [7, 11) is 0. The first-order valence-electron chi connectivity index (χ1n) is 10.8. The number of carbonyl (C=O) groups is 1. The lowest BCUT2D eigenvalue weighted by molar-refractivity contribution is 0.0706. The van der Waals surface area contributed by atoms with E-state index >= 15 is 0 Å². The number of rotatable bonds is 4. The van der Waals surface area contributed by atoms with Gasteiger partial charge in [-0.25, -0.2) is 9.97 Å². The van der Waals surface area contributed by atoms with Crippen LogP contribution in [0.4, 0.5) is 0 Å². The van der Waals surface area contributed by atoms with E-state index in [9.17, 15) is 4.79 Å². The van der Waals surface area contributed by atoms with Gasteiger partial charge in [0.2, 0.25) is 0 Å². The number of piperidine rings is 1. The maximum Gasteiger partial charge on any atom is 0.253 e. The van der Waals surface area contributed by atoms with E-state index in [-0.39, 0.29) is 11.8 Å². The zero-order chi connectivity index (χ0) is 21.8. The molecule has 3 aromatic heterocycles. The van der Waals surface area contributed by atoms with E-state index in [1.54, 1.807) is 24.8 Å². The molecule has 1 aliphatic heterocycles. The molecule has 0 spiro atoms. The molecule has 4 aromatic rings. The lowest BCUT2D eigenvalue weighted by Gasteiger charge is -2.33. The molecular weight excluding hydrogens is 398 g/mol. The summed E-state index contributed by atoms with van der Waals surface area (Å²) < 4.78 is 0. The van der Waals surface area contributed by atoms with Crippen LogP contribution in [-0.4, -0.2) is 43.8 Å². The molecule has 1 saturated heterocycles. The average molecular weight is 422 g/mol. The van der Waals surface area contributed by atoms with Crippen LogP contribution in [0.5, 0.6) is 0 Å². The summed E-state index contributed by atoms with van der Waals surface area (Å²) in [6.45, 7) is 1.40. The van der Waals surface area contributed by atoms with E-state index in [0.717, 1.165) is 47.3 Å². The van der Waals surface area contributed by atoms with Crippen LogP contribution in [0.2, 0.25) is 0 Å². The molecule has 4 heterocycles. The molecule has 1 fully saturated rings. The molecule has 6 heteroatoms. The van der Waals surface area contributed by atoms with E-state index in [1.807, 2.05) is 65.7 Å². The van der Waals surface area contributed by atoms with E-state index in [4.69, 9.17) is 4.98 Å². The van der Waals surface area contributed by atoms with Crippen molar-refractivity contribution in [1.82, 2.24) is 24.8 Å². The zero-order valence-corrected chi connectivity index (χ0v) is 17.6. The summed E-state index contributed by atoms with van der Waals surface area (Å²) in [6.07, 6.45) is 10.9. The maximum atomic E-state index is 13.1. The minimum atomic E-state index is 0.0733. The van der Waals surface area contributed by atoms with Gasteiger partial charge >= 0.3 is 0 Å². The molecule has 1 atom stereocenters. The maximum absolute atomic E-state index is 13.1. The van der Waals surface area contributed by atoms with Gasteiger partial charge in [0.15, 0.2) is 5.82 Å². The van der Waals surface area contributed by atoms with Crippen LogP contribution in [0.25, 0.3) is 22.5 Å². The Morgan fingerprint density at radius 3 is 2.28 bits per heavy atom. The molecule has 0 radical (unpaired) electrons. The van der Waals surface area contributed by atoms with E-state index < -0.39 is 0 Å². The van der Waals surface area contributed by atoms with Gasteiger partial charge in [-0.1, -0.05) is 18.2 Å². The Bertz CT molecular complexity index is 1200. The number of amides is 1. The molecule has 0 bridgehead atoms. The summed E-state index contributed by atoms with van der Waals surface area (Å²) in [5.74, 6) is 0.874. The van der Waals surface area contributed by atoms with E-state index in [2.05, 4.69) is 15.0 Å². The van der Waals surface area contributed by atoms with E-state index in [0.29, 0.717) is 12.4 Å². The summed E-state index contributed by atoms with van der Waals surface area (Å²) in [4.78, 5) is 33.0. The molecule has 1 amide bonds. The second-order valence-electron chi connectivity index (χ2n) is 7.92. The highest BCUT2D eigenvalue weighted by Gasteiger charge is 2.28. The zero-order valence-electron chi connectivity index (χ0n) is 17.6. The first kappa shape index (κ1) is 20.0. The third kappa shape index (κ3) is 4.12. The molecule has 6 nitrogen and oxygen atoms in total. The number of nitrogens with zero attached hydrogens (tertiary/aromatic N) is 5. The topological polar surface area (TPSA) is 71.9 Å². The average Bonchev–Trinajstić information content (AvgIpc) is 2.89. The molecule has 1 aromatic carbocycles. The van der Waals surface area contributed by atoms with Gasteiger partial charge in [0.05, 0.1) is 5.69 Å². The van der Waals surface area contributed by atoms with Crippen molar-refractivity contribution in [3.8, 4) is 22.5 Å². The van der Waals surface area contributed by atoms with Crippen LogP contribution in [0.15, 0.2) is 85.6 Å². The summed E-state index contributed by atoms with van der Waals surface area (Å²) in [6, 6.07) is 17.3. The lowest BCUT2D eigenvalue weighted by atomic mass is 9.89. The second kappa shape index (κ2) is 9.06. The van der Waals surface area contributed by atoms with Crippen molar-refractivity contribution in [3.63, 3.8) is 0 Å². The van der Waals surface area contributed by atoms with Crippen molar-refractivity contribution in [2.45, 2.75) is 18.8 Å². The highest BCUT2D eigenvalue weighted by Crippen LogP contribution is 2.34. The second-order valence-corrected chi connectivity index (χ2v) is 7.92. The number of hydrogen-bond acceptors (Lipinski definition) is 5. The molecule has 0 saturated carbocycles. The molecule has 0 aliphatic carbocycles. The SMILES string of the molecule is O=C(c1ccccc1)N1CCCC(c2nc(-c3ccncc3)ncc2-c2ccncc2)C1. The van der Waals surface area contributed by atoms with Crippen LogP contribution in [0.3, 0.4) is 0 Å². The molecule has 32 heavy (non-hydrogen) atoms. The Kier molecular flexibility index (Phi) is 5.66. The van der Waals surface area contributed by atoms with E-state index in [1.165, 1.54) is 0 Å². The molecule has 1 unspecified atom stereocenters. The third-order valence-electron chi connectivity index (χ3n) is 5.86. The standard InChI is InChI=1S/C26H23N5O/c32-26(21-5-2-1-3-6-21)31-16-4-7-22(18-31)24-23(19-8-12-27-13-9-19)17-29-25(30-24)20-10-14-28-15-11-20/h1-3,5-6,8-15,17,22H,4,7,16,18H2. The number of likely N-dealkylation sites (tertiary alicyclic amines) is 1. The van der Waals surface area contributed by atoms with Gasteiger partial charge in [-0.2, -0.15) is 0 Å². The molecule has 5 rings (SSSR count). The van der Waals surface area contributed by atoms with Gasteiger partial charge in [-0.05, 0) is 54.8 Å². The number of pyridine rings is 2. The fourth-order valence-corrected chi connectivity index (χ4v) is 4.25. The Labute approximate surface area is 187 Å². The summed E-state index contributed by atoms with van der Waals surface area (Å²) >= 11 is 0. The van der Waals surface area contributed by atoms with Crippen LogP contribution in [0, 0.1) is 0 Å². The fraction of sp³-hybridized carbons (Fsp3) is 0.192. The Balaban J connectivity index is 1.52. The third-order valence-corrected chi connectivity index (χ3v) is 5.86. The molecule has 158 valence electrons. The quantitative estimate of drug-likeness (QED) is 0.481. The minimum Gasteiger partial charge on any atom is -0.338 e. The molecular formula is C26H23N5O. The van der Waals surface area contributed by atoms with Crippen LogP contribution in [-0.2, 0) is 0 Å². The summed E-state index contributed by atoms with van der Waals surface area (Å²) in [5.41, 5.74) is 4.65. The monoisotopic (exact) mass is 421 g/mol. The summed E-state index contributed by atoms with van der Waals surface area (Å²) in [5, 5.41) is 0. The van der Waals surface area contributed by atoms with Crippen LogP contribution < -0.4 is 0 Å². The first-order chi connectivity index (χ1) is 15.8. The Morgan fingerprint density at radius 2 is 1.56 bits per heavy atom. The predicted octanol–water partition coefficient (Wildman–Crippen LogP) is 4.62. The molecule has 1 aliphatic rings. The number of benzene rings is 1. The predicted molar refractivity (Wildman–Crippen MR) is 123 cm³/mol. The van der Waals surface area contributed by atoms with Gasteiger partial charge in [-0.3, -0.25) is 14.8 Å². The van der Waals surface area contributed by atoms with Crippen molar-refractivity contribution in [3.05, 3.63) is 96.8 Å².